The van der Waals surface area contributed by atoms with Crippen molar-refractivity contribution in [2.24, 2.45) is 0 Å². The summed E-state index contributed by atoms with van der Waals surface area (Å²) in [5.74, 6) is -0.0322. The van der Waals surface area contributed by atoms with E-state index in [1.165, 1.54) is 12.3 Å². The van der Waals surface area contributed by atoms with Gasteiger partial charge < -0.3 is 25.5 Å². The van der Waals surface area contributed by atoms with Crippen molar-refractivity contribution in [2.45, 2.75) is 24.5 Å². The van der Waals surface area contributed by atoms with E-state index >= 15 is 0 Å². The summed E-state index contributed by atoms with van der Waals surface area (Å²) in [4.78, 5) is 29.9. The summed E-state index contributed by atoms with van der Waals surface area (Å²) in [7, 11) is 0. The van der Waals surface area contributed by atoms with Crippen LogP contribution in [0.2, 0.25) is 0 Å². The first kappa shape index (κ1) is 17.1. The van der Waals surface area contributed by atoms with Crippen LogP contribution in [-0.4, -0.2) is 49.8 Å². The van der Waals surface area contributed by atoms with Crippen LogP contribution in [0.3, 0.4) is 0 Å². The number of aliphatic hydroxyl groups excluding tert-OH is 2. The Labute approximate surface area is 123 Å². The first-order chi connectivity index (χ1) is 9.43. The van der Waals surface area contributed by atoms with Gasteiger partial charge in [-0.25, -0.2) is 4.79 Å². The fraction of sp³-hybridized carbons (Fsp3) is 0.556. The smallest absolute Gasteiger partial charge is 0.351 e. The van der Waals surface area contributed by atoms with Crippen molar-refractivity contribution in [1.29, 1.82) is 0 Å². The lowest BCUT2D eigenvalue weighted by atomic mass is 10.1. The highest BCUT2D eigenvalue weighted by atomic mass is 35.5. The summed E-state index contributed by atoms with van der Waals surface area (Å²) in [5.41, 5.74) is 4.51. The molecule has 2 rings (SSSR count). The maximum absolute atomic E-state index is 11.7. The molecule has 0 bridgehead atoms. The van der Waals surface area contributed by atoms with Crippen molar-refractivity contribution >= 4 is 18.2 Å². The molecule has 118 valence electrons. The lowest BCUT2D eigenvalue weighted by molar-refractivity contribution is -0.772. The predicted octanol–water partition coefficient (Wildman–Crippen LogP) is -1.93. The Morgan fingerprint density at radius 3 is 2.81 bits per heavy atom. The lowest BCUT2D eigenvalue weighted by Gasteiger charge is -2.19. The molecule has 4 N–H and O–H groups in total. The Bertz CT molecular complexity index is 567. The zero-order chi connectivity index (χ0) is 14.9. The number of hydrogen-bond acceptors (Lipinski definition) is 9. The van der Waals surface area contributed by atoms with Gasteiger partial charge in [0.05, 0.1) is 6.61 Å². The van der Waals surface area contributed by atoms with Crippen molar-refractivity contribution in [3.63, 3.8) is 0 Å². The molecular weight excluding hydrogens is 312 g/mol. The van der Waals surface area contributed by atoms with Crippen LogP contribution in [0.1, 0.15) is 6.23 Å². The standard InChI is InChI=1S/C9H12N4O7.ClH/c10-5-1-2-12(9(16)11-5)8-7(20-13(17)18)6(15)4(3-14)19-8;/h1-2,4,6-8,14-15H,3H2,(H2,10,11,16);1H/t4-,6-,7+,8-;/m1./s1. The summed E-state index contributed by atoms with van der Waals surface area (Å²) in [6.45, 7) is -0.591. The molecule has 1 aromatic rings. The number of anilines is 1. The second kappa shape index (κ2) is 6.67. The number of aliphatic hydroxyl groups is 2. The molecule has 1 aliphatic heterocycles. The van der Waals surface area contributed by atoms with Crippen LogP contribution >= 0.6 is 12.4 Å². The van der Waals surface area contributed by atoms with Crippen molar-refractivity contribution in [1.82, 2.24) is 9.55 Å². The third-order valence-electron chi connectivity index (χ3n) is 2.83. The van der Waals surface area contributed by atoms with Crippen LogP contribution < -0.4 is 11.4 Å². The van der Waals surface area contributed by atoms with Crippen LogP contribution in [0.4, 0.5) is 5.82 Å². The molecule has 0 radical (unpaired) electrons. The first-order valence-electron chi connectivity index (χ1n) is 5.54. The van der Waals surface area contributed by atoms with Gasteiger partial charge in [0.25, 0.3) is 5.09 Å². The Morgan fingerprint density at radius 2 is 2.29 bits per heavy atom. The second-order valence-corrected chi connectivity index (χ2v) is 4.07. The van der Waals surface area contributed by atoms with E-state index in [0.29, 0.717) is 0 Å². The fourth-order valence-corrected chi connectivity index (χ4v) is 1.93. The molecule has 0 unspecified atom stereocenters. The lowest BCUT2D eigenvalue weighted by Crippen LogP contribution is -2.39. The molecule has 12 heteroatoms. The molecule has 0 aromatic carbocycles. The van der Waals surface area contributed by atoms with E-state index in [0.717, 1.165) is 4.57 Å². The fourth-order valence-electron chi connectivity index (χ4n) is 1.93. The highest BCUT2D eigenvalue weighted by molar-refractivity contribution is 5.85. The van der Waals surface area contributed by atoms with Crippen molar-refractivity contribution in [3.8, 4) is 0 Å². The highest BCUT2D eigenvalue weighted by Gasteiger charge is 2.47. The number of ether oxygens (including phenoxy) is 1. The zero-order valence-corrected chi connectivity index (χ0v) is 11.3. The molecule has 21 heavy (non-hydrogen) atoms. The highest BCUT2D eigenvalue weighted by Crippen LogP contribution is 2.30. The van der Waals surface area contributed by atoms with E-state index in [2.05, 4.69) is 9.82 Å². The molecule has 1 fully saturated rings. The molecule has 11 nitrogen and oxygen atoms in total. The molecule has 2 heterocycles. The van der Waals surface area contributed by atoms with Gasteiger partial charge in [0.2, 0.25) is 0 Å². The van der Waals surface area contributed by atoms with Crippen molar-refractivity contribution in [3.05, 3.63) is 32.9 Å². The molecule has 1 saturated heterocycles. The number of halogens is 1. The van der Waals surface area contributed by atoms with Gasteiger partial charge in [-0.2, -0.15) is 4.98 Å². The van der Waals surface area contributed by atoms with Gasteiger partial charge in [-0.05, 0) is 6.07 Å². The SMILES string of the molecule is Cl.Nc1ccn([C@@H]2O[C@H](CO)[C@@H](O)[C@@H]2O[N+](=O)[O-])c(=O)n1. The number of rotatable bonds is 4. The predicted molar refractivity (Wildman–Crippen MR) is 69.0 cm³/mol. The number of nitrogen functional groups attached to an aromatic ring is 1. The summed E-state index contributed by atoms with van der Waals surface area (Å²) in [5, 5.41) is 28.2. The van der Waals surface area contributed by atoms with E-state index in [1.807, 2.05) is 0 Å². The van der Waals surface area contributed by atoms with Gasteiger partial charge in [-0.3, -0.25) is 4.57 Å². The largest absolute Gasteiger partial charge is 0.394 e. The van der Waals surface area contributed by atoms with Crippen LogP contribution in [0.25, 0.3) is 0 Å². The van der Waals surface area contributed by atoms with Crippen LogP contribution in [-0.2, 0) is 9.57 Å². The van der Waals surface area contributed by atoms with Gasteiger partial charge in [-0.15, -0.1) is 22.5 Å². The minimum atomic E-state index is -1.47. The number of nitrogens with two attached hydrogens (primary N) is 1. The van der Waals surface area contributed by atoms with E-state index in [9.17, 15) is 20.0 Å². The second-order valence-electron chi connectivity index (χ2n) is 4.07. The molecule has 0 spiro atoms. The molecule has 1 aliphatic rings. The Morgan fingerprint density at radius 1 is 1.62 bits per heavy atom. The summed E-state index contributed by atoms with van der Waals surface area (Å²) < 4.78 is 6.09. The van der Waals surface area contributed by atoms with Gasteiger partial charge >= 0.3 is 5.69 Å². The molecule has 0 saturated carbocycles. The normalized spacial score (nSPS) is 27.9. The summed E-state index contributed by atoms with van der Waals surface area (Å²) in [6.07, 6.45) is -4.15. The minimum absolute atomic E-state index is 0. The van der Waals surface area contributed by atoms with Crippen LogP contribution in [0, 0.1) is 10.1 Å². The van der Waals surface area contributed by atoms with Crippen molar-refractivity contribution in [2.75, 3.05) is 12.3 Å². The van der Waals surface area contributed by atoms with Gasteiger partial charge in [-0.1, -0.05) is 0 Å². The topological polar surface area (TPSA) is 163 Å². The molecule has 1 aromatic heterocycles. The molecular formula is C9H13ClN4O7. The molecule has 0 amide bonds. The summed E-state index contributed by atoms with van der Waals surface area (Å²) >= 11 is 0. The Balaban J connectivity index is 0.00000220. The Kier molecular flexibility index (Phi) is 5.43. The number of nitrogens with zero attached hydrogens (tertiary/aromatic N) is 3. The van der Waals surface area contributed by atoms with Gasteiger partial charge in [0.1, 0.15) is 18.0 Å². The average Bonchev–Trinajstić information content (AvgIpc) is 2.66. The summed E-state index contributed by atoms with van der Waals surface area (Å²) in [6, 6.07) is 1.28. The van der Waals surface area contributed by atoms with Crippen LogP contribution in [0.5, 0.6) is 0 Å². The molecule has 0 aliphatic carbocycles. The maximum Gasteiger partial charge on any atom is 0.351 e. The average molecular weight is 325 g/mol. The third kappa shape index (κ3) is 3.39. The number of aromatic nitrogens is 2. The monoisotopic (exact) mass is 324 g/mol. The maximum atomic E-state index is 11.7. The van der Waals surface area contributed by atoms with E-state index < -0.39 is 41.9 Å². The Hall–Kier alpha value is -1.95. The molecule has 4 atom stereocenters. The third-order valence-corrected chi connectivity index (χ3v) is 2.83. The van der Waals surface area contributed by atoms with E-state index in [-0.39, 0.29) is 18.2 Å². The minimum Gasteiger partial charge on any atom is -0.394 e. The van der Waals surface area contributed by atoms with Crippen molar-refractivity contribution < 1.29 is 24.9 Å². The van der Waals surface area contributed by atoms with Gasteiger partial charge in [0.15, 0.2) is 12.3 Å². The van der Waals surface area contributed by atoms with E-state index in [4.69, 9.17) is 15.6 Å². The first-order valence-corrected chi connectivity index (χ1v) is 5.54. The zero-order valence-electron chi connectivity index (χ0n) is 10.4. The van der Waals surface area contributed by atoms with Gasteiger partial charge in [0, 0.05) is 6.20 Å². The van der Waals surface area contributed by atoms with E-state index in [1.54, 1.807) is 0 Å². The quantitative estimate of drug-likeness (QED) is 0.423. The van der Waals surface area contributed by atoms with Crippen LogP contribution in [0.15, 0.2) is 17.1 Å². The number of hydrogen-bond donors (Lipinski definition) is 3.